The second-order valence-corrected chi connectivity index (χ2v) is 6.56. The van der Waals surface area contributed by atoms with Gasteiger partial charge in [0.25, 0.3) is 0 Å². The number of hydrogen-bond acceptors (Lipinski definition) is 6. The standard InChI is InChI=1S/C17H24F3N9.HI/c1-2-21-16(29-9-4-12(5-10-29)14-25-11-26-28-14)24-8-7-23-15-22-6-3-13(27-15)17(18,19)20;/h3,6,11-12H,2,4-5,7-10H2,1H3,(H,21,24)(H,22,23,27)(H,25,26,28);1H. The quantitative estimate of drug-likeness (QED) is 0.224. The maximum absolute atomic E-state index is 12.7. The fraction of sp³-hybridized carbons (Fsp3) is 0.588. The summed E-state index contributed by atoms with van der Waals surface area (Å²) >= 11 is 0. The minimum Gasteiger partial charge on any atom is -0.357 e. The maximum atomic E-state index is 12.7. The zero-order valence-corrected chi connectivity index (χ0v) is 18.8. The number of halogens is 4. The number of aromatic amines is 1. The summed E-state index contributed by atoms with van der Waals surface area (Å²) in [6.07, 6.45) is -0.00202. The average molecular weight is 539 g/mol. The Bertz CT molecular complexity index is 790. The molecule has 0 aliphatic carbocycles. The van der Waals surface area contributed by atoms with Crippen LogP contribution in [-0.4, -0.2) is 68.7 Å². The van der Waals surface area contributed by atoms with Crippen LogP contribution in [0.3, 0.4) is 0 Å². The Morgan fingerprint density at radius 3 is 2.70 bits per heavy atom. The van der Waals surface area contributed by atoms with Gasteiger partial charge in [-0.2, -0.15) is 18.3 Å². The Balaban J connectivity index is 0.00000320. The van der Waals surface area contributed by atoms with Crippen LogP contribution in [0.15, 0.2) is 23.6 Å². The van der Waals surface area contributed by atoms with Gasteiger partial charge in [-0.25, -0.2) is 15.0 Å². The van der Waals surface area contributed by atoms with E-state index in [0.29, 0.717) is 19.0 Å². The Morgan fingerprint density at radius 2 is 2.07 bits per heavy atom. The Morgan fingerprint density at radius 1 is 1.30 bits per heavy atom. The smallest absolute Gasteiger partial charge is 0.357 e. The normalized spacial score (nSPS) is 15.6. The van der Waals surface area contributed by atoms with Crippen LogP contribution in [0.25, 0.3) is 0 Å². The molecule has 0 aromatic carbocycles. The summed E-state index contributed by atoms with van der Waals surface area (Å²) in [7, 11) is 0. The highest BCUT2D eigenvalue weighted by Crippen LogP contribution is 2.27. The summed E-state index contributed by atoms with van der Waals surface area (Å²) in [5, 5.41) is 12.9. The van der Waals surface area contributed by atoms with Crippen LogP contribution in [0.5, 0.6) is 0 Å². The molecule has 1 aliphatic rings. The van der Waals surface area contributed by atoms with Crippen LogP contribution in [0.2, 0.25) is 0 Å². The molecule has 1 fully saturated rings. The van der Waals surface area contributed by atoms with Crippen molar-refractivity contribution in [1.82, 2.24) is 35.4 Å². The van der Waals surface area contributed by atoms with E-state index < -0.39 is 11.9 Å². The lowest BCUT2D eigenvalue weighted by molar-refractivity contribution is -0.141. The molecule has 3 rings (SSSR count). The van der Waals surface area contributed by atoms with Gasteiger partial charge in [0.15, 0.2) is 5.96 Å². The first-order chi connectivity index (χ1) is 14.0. The summed E-state index contributed by atoms with van der Waals surface area (Å²) in [6.45, 7) is 5.09. The van der Waals surface area contributed by atoms with Gasteiger partial charge in [0, 0.05) is 38.3 Å². The average Bonchev–Trinajstić information content (AvgIpc) is 3.25. The van der Waals surface area contributed by atoms with E-state index in [9.17, 15) is 13.2 Å². The van der Waals surface area contributed by atoms with E-state index in [1.165, 1.54) is 6.33 Å². The number of likely N-dealkylation sites (tertiary alicyclic amines) is 1. The van der Waals surface area contributed by atoms with Crippen LogP contribution in [0.4, 0.5) is 19.1 Å². The molecule has 0 spiro atoms. The minimum atomic E-state index is -4.49. The molecular weight excluding hydrogens is 514 g/mol. The molecule has 0 atom stereocenters. The van der Waals surface area contributed by atoms with E-state index in [1.807, 2.05) is 6.92 Å². The molecule has 1 saturated heterocycles. The molecule has 3 heterocycles. The van der Waals surface area contributed by atoms with Crippen molar-refractivity contribution in [3.05, 3.63) is 30.1 Å². The van der Waals surface area contributed by atoms with E-state index in [4.69, 9.17) is 0 Å². The van der Waals surface area contributed by atoms with Gasteiger partial charge in [-0.1, -0.05) is 0 Å². The van der Waals surface area contributed by atoms with Crippen LogP contribution in [0, 0.1) is 0 Å². The lowest BCUT2D eigenvalue weighted by Crippen LogP contribution is -2.45. The van der Waals surface area contributed by atoms with Gasteiger partial charge >= 0.3 is 6.18 Å². The van der Waals surface area contributed by atoms with Gasteiger partial charge in [-0.05, 0) is 25.8 Å². The number of guanidine groups is 1. The van der Waals surface area contributed by atoms with Crippen molar-refractivity contribution < 1.29 is 13.2 Å². The third-order valence-electron chi connectivity index (χ3n) is 4.55. The highest BCUT2D eigenvalue weighted by atomic mass is 127. The SMILES string of the molecule is CCNC(=NCCNc1nccc(C(F)(F)F)n1)N1CCC(c2ncn[nH]2)CC1.I. The lowest BCUT2D eigenvalue weighted by Gasteiger charge is -2.33. The van der Waals surface area contributed by atoms with Gasteiger partial charge in [-0.3, -0.25) is 10.1 Å². The Kier molecular flexibility index (Phi) is 9.05. The number of nitrogens with zero attached hydrogens (tertiary/aromatic N) is 6. The molecule has 30 heavy (non-hydrogen) atoms. The number of rotatable bonds is 6. The van der Waals surface area contributed by atoms with E-state index in [0.717, 1.165) is 56.5 Å². The number of alkyl halides is 3. The zero-order valence-electron chi connectivity index (χ0n) is 16.5. The fourth-order valence-corrected chi connectivity index (χ4v) is 3.13. The first-order valence-corrected chi connectivity index (χ1v) is 9.50. The molecule has 0 amide bonds. The van der Waals surface area contributed by atoms with Crippen molar-refractivity contribution in [1.29, 1.82) is 0 Å². The topological polar surface area (TPSA) is 107 Å². The third kappa shape index (κ3) is 6.67. The molecule has 1 aliphatic heterocycles. The van der Waals surface area contributed by atoms with E-state index in [2.05, 4.69) is 45.7 Å². The predicted molar refractivity (Wildman–Crippen MR) is 117 cm³/mol. The fourth-order valence-electron chi connectivity index (χ4n) is 3.13. The monoisotopic (exact) mass is 539 g/mol. The molecule has 9 nitrogen and oxygen atoms in total. The van der Waals surface area contributed by atoms with Gasteiger partial charge in [0.1, 0.15) is 17.8 Å². The molecule has 2 aromatic rings. The summed E-state index contributed by atoms with van der Waals surface area (Å²) in [5.74, 6) is 2.00. The Hall–Kier alpha value is -2.19. The molecule has 166 valence electrons. The van der Waals surface area contributed by atoms with Crippen LogP contribution in [-0.2, 0) is 6.18 Å². The Labute approximate surface area is 189 Å². The van der Waals surface area contributed by atoms with Crippen molar-refractivity contribution in [3.63, 3.8) is 0 Å². The number of anilines is 1. The molecule has 0 saturated carbocycles. The second kappa shape index (κ2) is 11.3. The van der Waals surface area contributed by atoms with Crippen molar-refractivity contribution >= 4 is 35.9 Å². The highest BCUT2D eigenvalue weighted by molar-refractivity contribution is 14.0. The predicted octanol–water partition coefficient (Wildman–Crippen LogP) is 2.49. The van der Waals surface area contributed by atoms with Gasteiger partial charge in [-0.15, -0.1) is 24.0 Å². The molecule has 13 heteroatoms. The molecule has 0 bridgehead atoms. The second-order valence-electron chi connectivity index (χ2n) is 6.56. The van der Waals surface area contributed by atoms with Crippen molar-refractivity contribution in [2.24, 2.45) is 4.99 Å². The molecule has 2 aromatic heterocycles. The van der Waals surface area contributed by atoms with Crippen molar-refractivity contribution in [2.45, 2.75) is 31.9 Å². The summed E-state index contributed by atoms with van der Waals surface area (Å²) < 4.78 is 38.1. The number of aliphatic imine (C=N–C) groups is 1. The number of nitrogens with one attached hydrogen (secondary N) is 3. The van der Waals surface area contributed by atoms with E-state index >= 15 is 0 Å². The highest BCUT2D eigenvalue weighted by Gasteiger charge is 2.32. The maximum Gasteiger partial charge on any atom is 0.433 e. The minimum absolute atomic E-state index is 0. The zero-order chi connectivity index (χ0) is 20.7. The molecular formula is C17H25F3IN9. The first-order valence-electron chi connectivity index (χ1n) is 9.50. The summed E-state index contributed by atoms with van der Waals surface area (Å²) in [6, 6.07) is 0.842. The van der Waals surface area contributed by atoms with Crippen molar-refractivity contribution in [2.75, 3.05) is 38.0 Å². The molecule has 3 N–H and O–H groups in total. The summed E-state index contributed by atoms with van der Waals surface area (Å²) in [5.41, 5.74) is -0.971. The number of aromatic nitrogens is 5. The van der Waals surface area contributed by atoms with E-state index in [-0.39, 0.29) is 29.9 Å². The molecule has 0 radical (unpaired) electrons. The van der Waals surface area contributed by atoms with Gasteiger partial charge in [0.05, 0.1) is 6.54 Å². The summed E-state index contributed by atoms with van der Waals surface area (Å²) in [4.78, 5) is 18.3. The number of H-pyrrole nitrogens is 1. The van der Waals surface area contributed by atoms with E-state index in [1.54, 1.807) is 0 Å². The van der Waals surface area contributed by atoms with Crippen LogP contribution < -0.4 is 10.6 Å². The number of piperidine rings is 1. The van der Waals surface area contributed by atoms with Crippen molar-refractivity contribution in [3.8, 4) is 0 Å². The van der Waals surface area contributed by atoms with Gasteiger partial charge < -0.3 is 15.5 Å². The van der Waals surface area contributed by atoms with Crippen LogP contribution >= 0.6 is 24.0 Å². The van der Waals surface area contributed by atoms with Gasteiger partial charge in [0.2, 0.25) is 5.95 Å². The van der Waals surface area contributed by atoms with Crippen LogP contribution in [0.1, 0.15) is 37.2 Å². The third-order valence-corrected chi connectivity index (χ3v) is 4.55. The largest absolute Gasteiger partial charge is 0.433 e. The lowest BCUT2D eigenvalue weighted by atomic mass is 9.96. The first kappa shape index (κ1) is 24.1. The molecule has 0 unspecified atom stereocenters. The number of hydrogen-bond donors (Lipinski definition) is 3.